The van der Waals surface area contributed by atoms with Crippen LogP contribution in [0.15, 0.2) is 30.6 Å². The Morgan fingerprint density at radius 1 is 0.958 bits per heavy atom. The van der Waals surface area contributed by atoms with Crippen LogP contribution in [0.2, 0.25) is 0 Å². The molecule has 1 amide bonds. The monoisotopic (exact) mass is 324 g/mol. The van der Waals surface area contributed by atoms with Crippen molar-refractivity contribution in [2.75, 3.05) is 18.4 Å². The molecule has 0 radical (unpaired) electrons. The number of nitrogens with zero attached hydrogens (tertiary/aromatic N) is 3. The summed E-state index contributed by atoms with van der Waals surface area (Å²) >= 11 is 0. The molecule has 24 heavy (non-hydrogen) atoms. The van der Waals surface area contributed by atoms with Crippen molar-refractivity contribution in [3.05, 3.63) is 47.4 Å². The number of aromatic nitrogens is 2. The lowest BCUT2D eigenvalue weighted by Crippen LogP contribution is -2.32. The molecule has 2 heterocycles. The van der Waals surface area contributed by atoms with Crippen LogP contribution in [-0.4, -0.2) is 33.9 Å². The first-order chi connectivity index (χ1) is 11.6. The van der Waals surface area contributed by atoms with Crippen molar-refractivity contribution in [1.29, 1.82) is 0 Å². The maximum absolute atomic E-state index is 12.7. The molecule has 0 aliphatic carbocycles. The van der Waals surface area contributed by atoms with E-state index in [0.717, 1.165) is 31.6 Å². The topological polar surface area (TPSA) is 58.1 Å². The molecule has 2 aromatic rings. The second kappa shape index (κ2) is 7.43. The number of rotatable bonds is 3. The van der Waals surface area contributed by atoms with Gasteiger partial charge in [0, 0.05) is 24.8 Å². The van der Waals surface area contributed by atoms with Crippen molar-refractivity contribution < 1.29 is 4.79 Å². The Kier molecular flexibility index (Phi) is 5.08. The first-order valence-electron chi connectivity index (χ1n) is 8.58. The second-order valence-electron chi connectivity index (χ2n) is 6.50. The van der Waals surface area contributed by atoms with Crippen LogP contribution in [0.1, 0.15) is 47.3 Å². The van der Waals surface area contributed by atoms with Gasteiger partial charge in [0.2, 0.25) is 0 Å². The number of benzene rings is 1. The van der Waals surface area contributed by atoms with E-state index in [2.05, 4.69) is 47.3 Å². The highest BCUT2D eigenvalue weighted by molar-refractivity contribution is 5.93. The van der Waals surface area contributed by atoms with Crippen molar-refractivity contribution in [1.82, 2.24) is 14.9 Å². The third-order valence-corrected chi connectivity index (χ3v) is 4.27. The number of nitrogens with one attached hydrogen (secondary N) is 1. The quantitative estimate of drug-likeness (QED) is 0.931. The molecule has 5 nitrogen and oxygen atoms in total. The van der Waals surface area contributed by atoms with Crippen LogP contribution in [0, 0.1) is 13.8 Å². The maximum atomic E-state index is 12.7. The molecule has 3 rings (SSSR count). The normalized spacial score (nSPS) is 15.0. The van der Waals surface area contributed by atoms with Crippen LogP contribution in [0.4, 0.5) is 11.5 Å². The predicted molar refractivity (Wildman–Crippen MR) is 95.6 cm³/mol. The molecule has 1 aromatic carbocycles. The van der Waals surface area contributed by atoms with Gasteiger partial charge in [0.1, 0.15) is 17.8 Å². The minimum Gasteiger partial charge on any atom is -0.340 e. The Morgan fingerprint density at radius 3 is 2.29 bits per heavy atom. The van der Waals surface area contributed by atoms with Crippen LogP contribution in [0.3, 0.4) is 0 Å². The highest BCUT2D eigenvalue weighted by Crippen LogP contribution is 2.19. The summed E-state index contributed by atoms with van der Waals surface area (Å²) in [6, 6.07) is 7.99. The highest BCUT2D eigenvalue weighted by atomic mass is 16.2. The van der Waals surface area contributed by atoms with Crippen molar-refractivity contribution in [3.8, 4) is 0 Å². The smallest absolute Gasteiger partial charge is 0.272 e. The van der Waals surface area contributed by atoms with Gasteiger partial charge in [-0.2, -0.15) is 0 Å². The highest BCUT2D eigenvalue weighted by Gasteiger charge is 2.19. The molecule has 1 aliphatic heterocycles. The summed E-state index contributed by atoms with van der Waals surface area (Å²) in [6.45, 7) is 5.77. The average molecular weight is 324 g/mol. The SMILES string of the molecule is Cc1cc(C)cc(Nc2cc(C(=O)N3CCCCCC3)ncn2)c1. The van der Waals surface area contributed by atoms with Crippen LogP contribution >= 0.6 is 0 Å². The molecule has 1 saturated heterocycles. The summed E-state index contributed by atoms with van der Waals surface area (Å²) in [5, 5.41) is 3.27. The lowest BCUT2D eigenvalue weighted by Gasteiger charge is -2.19. The zero-order valence-corrected chi connectivity index (χ0v) is 14.4. The fourth-order valence-electron chi connectivity index (χ4n) is 3.17. The standard InChI is InChI=1S/C19H24N4O/c1-14-9-15(2)11-16(10-14)22-18-12-17(20-13-21-18)19(24)23-7-5-3-4-6-8-23/h9-13H,3-8H2,1-2H3,(H,20,21,22). The van der Waals surface area contributed by atoms with Gasteiger partial charge in [-0.3, -0.25) is 4.79 Å². The third-order valence-electron chi connectivity index (χ3n) is 4.27. The summed E-state index contributed by atoms with van der Waals surface area (Å²) in [4.78, 5) is 23.0. The zero-order chi connectivity index (χ0) is 16.9. The third kappa shape index (κ3) is 4.10. The Hall–Kier alpha value is -2.43. The summed E-state index contributed by atoms with van der Waals surface area (Å²) < 4.78 is 0. The summed E-state index contributed by atoms with van der Waals surface area (Å²) in [5.74, 6) is 0.649. The number of carbonyl (C=O) groups is 1. The van der Waals surface area contributed by atoms with E-state index in [1.807, 2.05) is 4.90 Å². The average Bonchev–Trinajstić information content (AvgIpc) is 2.82. The van der Waals surface area contributed by atoms with Crippen LogP contribution in [-0.2, 0) is 0 Å². The Morgan fingerprint density at radius 2 is 1.62 bits per heavy atom. The van der Waals surface area contributed by atoms with Crippen molar-refractivity contribution in [2.45, 2.75) is 39.5 Å². The molecule has 0 saturated carbocycles. The molecular formula is C19H24N4O. The molecule has 1 N–H and O–H groups in total. The van der Waals surface area contributed by atoms with Crippen LogP contribution < -0.4 is 5.32 Å². The number of hydrogen-bond donors (Lipinski definition) is 1. The number of likely N-dealkylation sites (tertiary alicyclic amines) is 1. The van der Waals surface area contributed by atoms with E-state index in [0.29, 0.717) is 11.5 Å². The number of hydrogen-bond acceptors (Lipinski definition) is 4. The lowest BCUT2D eigenvalue weighted by molar-refractivity contribution is 0.0755. The van der Waals surface area contributed by atoms with Gasteiger partial charge in [-0.15, -0.1) is 0 Å². The molecule has 5 heteroatoms. The van der Waals surface area contributed by atoms with E-state index < -0.39 is 0 Å². The van der Waals surface area contributed by atoms with E-state index in [9.17, 15) is 4.79 Å². The van der Waals surface area contributed by atoms with Crippen molar-refractivity contribution >= 4 is 17.4 Å². The Labute approximate surface area is 143 Å². The van der Waals surface area contributed by atoms with Gasteiger partial charge in [0.05, 0.1) is 0 Å². The molecule has 0 bridgehead atoms. The van der Waals surface area contributed by atoms with Gasteiger partial charge in [0.25, 0.3) is 5.91 Å². The van der Waals surface area contributed by atoms with Gasteiger partial charge < -0.3 is 10.2 Å². The number of anilines is 2. The molecule has 0 atom stereocenters. The minimum atomic E-state index is 0.00257. The zero-order valence-electron chi connectivity index (χ0n) is 14.4. The van der Waals surface area contributed by atoms with Gasteiger partial charge >= 0.3 is 0 Å². The first-order valence-corrected chi connectivity index (χ1v) is 8.58. The first kappa shape index (κ1) is 16.4. The van der Waals surface area contributed by atoms with Gasteiger partial charge in [-0.1, -0.05) is 18.9 Å². The van der Waals surface area contributed by atoms with Gasteiger partial charge in [-0.05, 0) is 49.9 Å². The van der Waals surface area contributed by atoms with E-state index in [4.69, 9.17) is 0 Å². The second-order valence-corrected chi connectivity index (χ2v) is 6.50. The molecule has 1 aromatic heterocycles. The summed E-state index contributed by atoms with van der Waals surface area (Å²) in [5.41, 5.74) is 3.80. The lowest BCUT2D eigenvalue weighted by atomic mass is 10.1. The van der Waals surface area contributed by atoms with E-state index >= 15 is 0 Å². The summed E-state index contributed by atoms with van der Waals surface area (Å²) in [7, 11) is 0. The maximum Gasteiger partial charge on any atom is 0.272 e. The van der Waals surface area contributed by atoms with Crippen LogP contribution in [0.25, 0.3) is 0 Å². The Bertz CT molecular complexity index is 701. The number of amides is 1. The predicted octanol–water partition coefficient (Wildman–Crippen LogP) is 3.85. The fourth-order valence-corrected chi connectivity index (χ4v) is 3.17. The number of aryl methyl sites for hydroxylation is 2. The fraction of sp³-hybridized carbons (Fsp3) is 0.421. The van der Waals surface area contributed by atoms with Crippen molar-refractivity contribution in [3.63, 3.8) is 0 Å². The van der Waals surface area contributed by atoms with E-state index in [-0.39, 0.29) is 5.91 Å². The van der Waals surface area contributed by atoms with Crippen molar-refractivity contribution in [2.24, 2.45) is 0 Å². The molecule has 0 unspecified atom stereocenters. The molecule has 1 fully saturated rings. The van der Waals surface area contributed by atoms with Gasteiger partial charge in [0.15, 0.2) is 0 Å². The molecule has 126 valence electrons. The largest absolute Gasteiger partial charge is 0.340 e. The van der Waals surface area contributed by atoms with Gasteiger partial charge in [-0.25, -0.2) is 9.97 Å². The molecular weight excluding hydrogens is 300 g/mol. The number of carbonyl (C=O) groups excluding carboxylic acids is 1. The van der Waals surface area contributed by atoms with Crippen LogP contribution in [0.5, 0.6) is 0 Å². The Balaban J connectivity index is 1.77. The molecule has 0 spiro atoms. The van der Waals surface area contributed by atoms with E-state index in [1.165, 1.54) is 30.3 Å². The minimum absolute atomic E-state index is 0.00257. The summed E-state index contributed by atoms with van der Waals surface area (Å²) in [6.07, 6.45) is 6.01. The van der Waals surface area contributed by atoms with E-state index in [1.54, 1.807) is 6.07 Å². The molecule has 1 aliphatic rings.